The number of hydrogen-bond donors (Lipinski definition) is 1. The first-order valence-corrected chi connectivity index (χ1v) is 6.34. The number of rotatable bonds is 2. The summed E-state index contributed by atoms with van der Waals surface area (Å²) in [6.45, 7) is 0.463. The summed E-state index contributed by atoms with van der Waals surface area (Å²) in [7, 11) is 0. The van der Waals surface area contributed by atoms with Crippen LogP contribution in [0.2, 0.25) is 0 Å². The van der Waals surface area contributed by atoms with E-state index in [2.05, 4.69) is 0 Å². The molecule has 1 aliphatic carbocycles. The zero-order valence-corrected chi connectivity index (χ0v) is 9.67. The highest BCUT2D eigenvalue weighted by Crippen LogP contribution is 2.32. The normalized spacial score (nSPS) is 41.4. The monoisotopic (exact) mass is 239 g/mol. The molecule has 5 nitrogen and oxygen atoms in total. The van der Waals surface area contributed by atoms with E-state index in [0.717, 1.165) is 12.8 Å². The SMILES string of the molecule is O=C1C2CCC(O2)C(=O)N1CC1CCC(O)C1. The van der Waals surface area contributed by atoms with Gasteiger partial charge in [0.1, 0.15) is 12.2 Å². The lowest BCUT2D eigenvalue weighted by Gasteiger charge is -2.31. The zero-order valence-electron chi connectivity index (χ0n) is 9.67. The van der Waals surface area contributed by atoms with E-state index in [9.17, 15) is 14.7 Å². The maximum Gasteiger partial charge on any atom is 0.258 e. The van der Waals surface area contributed by atoms with Crippen LogP contribution in [0.5, 0.6) is 0 Å². The summed E-state index contributed by atoms with van der Waals surface area (Å²) in [5.41, 5.74) is 0. The Bertz CT molecular complexity index is 334. The molecule has 0 aromatic rings. The van der Waals surface area contributed by atoms with Crippen molar-refractivity contribution >= 4 is 11.8 Å². The molecule has 1 N–H and O–H groups in total. The lowest BCUT2D eigenvalue weighted by atomic mass is 10.1. The Balaban J connectivity index is 1.69. The van der Waals surface area contributed by atoms with Gasteiger partial charge in [-0.3, -0.25) is 14.5 Å². The number of morpholine rings is 1. The molecule has 2 aliphatic heterocycles. The third kappa shape index (κ3) is 1.87. The van der Waals surface area contributed by atoms with E-state index < -0.39 is 12.2 Å². The molecule has 3 fully saturated rings. The predicted molar refractivity (Wildman–Crippen MR) is 58.0 cm³/mol. The second-order valence-electron chi connectivity index (χ2n) is 5.31. The first-order valence-electron chi connectivity index (χ1n) is 6.34. The number of carbonyl (C=O) groups is 2. The number of aliphatic hydroxyl groups is 1. The lowest BCUT2D eigenvalue weighted by molar-refractivity contribution is -0.169. The standard InChI is InChI=1S/C12H17NO4/c14-8-2-1-7(5-8)6-13-11(15)9-3-4-10(17-9)12(13)16/h7-10,14H,1-6H2. The van der Waals surface area contributed by atoms with Crippen LogP contribution in [0.1, 0.15) is 32.1 Å². The summed E-state index contributed by atoms with van der Waals surface area (Å²) in [6.07, 6.45) is 2.65. The Morgan fingerprint density at radius 1 is 1.12 bits per heavy atom. The number of nitrogens with zero attached hydrogens (tertiary/aromatic N) is 1. The molecule has 0 radical (unpaired) electrons. The molecule has 2 bridgehead atoms. The number of imide groups is 1. The summed E-state index contributed by atoms with van der Waals surface area (Å²) < 4.78 is 5.35. The third-order valence-electron chi connectivity index (χ3n) is 4.06. The van der Waals surface area contributed by atoms with Gasteiger partial charge in [0.15, 0.2) is 0 Å². The third-order valence-corrected chi connectivity index (χ3v) is 4.06. The number of hydrogen-bond acceptors (Lipinski definition) is 4. The van der Waals surface area contributed by atoms with Gasteiger partial charge in [-0.1, -0.05) is 0 Å². The highest BCUT2D eigenvalue weighted by atomic mass is 16.5. The van der Waals surface area contributed by atoms with Gasteiger partial charge in [-0.05, 0) is 38.0 Å². The van der Waals surface area contributed by atoms with E-state index in [1.54, 1.807) is 0 Å². The molecule has 1 saturated carbocycles. The summed E-state index contributed by atoms with van der Waals surface area (Å²) in [5, 5.41) is 9.46. The Hall–Kier alpha value is -0.940. The molecule has 0 aromatic heterocycles. The van der Waals surface area contributed by atoms with Gasteiger partial charge in [0.25, 0.3) is 11.8 Å². The summed E-state index contributed by atoms with van der Waals surface area (Å²) in [4.78, 5) is 25.3. The van der Waals surface area contributed by atoms with E-state index in [1.807, 2.05) is 0 Å². The van der Waals surface area contributed by atoms with E-state index in [4.69, 9.17) is 4.74 Å². The Morgan fingerprint density at radius 3 is 2.29 bits per heavy atom. The van der Waals surface area contributed by atoms with Gasteiger partial charge >= 0.3 is 0 Å². The molecule has 2 amide bonds. The van der Waals surface area contributed by atoms with Gasteiger partial charge in [0, 0.05) is 6.54 Å². The fourth-order valence-electron chi connectivity index (χ4n) is 3.11. The quantitative estimate of drug-likeness (QED) is 0.692. The molecule has 0 spiro atoms. The number of amides is 2. The number of ether oxygens (including phenoxy) is 1. The van der Waals surface area contributed by atoms with Crippen molar-refractivity contribution < 1.29 is 19.4 Å². The number of carbonyl (C=O) groups excluding carboxylic acids is 2. The molecule has 0 aromatic carbocycles. The fourth-order valence-corrected chi connectivity index (χ4v) is 3.11. The average molecular weight is 239 g/mol. The number of aliphatic hydroxyl groups excluding tert-OH is 1. The van der Waals surface area contributed by atoms with Gasteiger partial charge in [-0.15, -0.1) is 0 Å². The Labute approximate surface area is 99.7 Å². The minimum absolute atomic E-state index is 0.176. The topological polar surface area (TPSA) is 66.8 Å². The first-order chi connectivity index (χ1) is 8.15. The average Bonchev–Trinajstić information content (AvgIpc) is 2.90. The molecule has 5 heteroatoms. The van der Waals surface area contributed by atoms with Crippen LogP contribution in [-0.2, 0) is 14.3 Å². The molecule has 2 heterocycles. The van der Waals surface area contributed by atoms with Gasteiger partial charge < -0.3 is 9.84 Å². The molecule has 4 atom stereocenters. The van der Waals surface area contributed by atoms with Crippen molar-refractivity contribution in [2.75, 3.05) is 6.54 Å². The van der Waals surface area contributed by atoms with Gasteiger partial charge in [-0.25, -0.2) is 0 Å². The van der Waals surface area contributed by atoms with E-state index >= 15 is 0 Å². The molecule has 2 saturated heterocycles. The molecule has 17 heavy (non-hydrogen) atoms. The highest BCUT2D eigenvalue weighted by Gasteiger charge is 2.47. The van der Waals surface area contributed by atoms with Crippen LogP contribution < -0.4 is 0 Å². The van der Waals surface area contributed by atoms with E-state index in [1.165, 1.54) is 4.90 Å². The first kappa shape index (κ1) is 11.2. The van der Waals surface area contributed by atoms with Crippen molar-refractivity contribution in [1.29, 1.82) is 0 Å². The lowest BCUT2D eigenvalue weighted by Crippen LogP contribution is -2.53. The largest absolute Gasteiger partial charge is 0.393 e. The van der Waals surface area contributed by atoms with Crippen LogP contribution in [0.3, 0.4) is 0 Å². The maximum atomic E-state index is 12.0. The second kappa shape index (κ2) is 4.07. The second-order valence-corrected chi connectivity index (χ2v) is 5.31. The molecular weight excluding hydrogens is 222 g/mol. The van der Waals surface area contributed by atoms with Crippen LogP contribution in [0.4, 0.5) is 0 Å². The zero-order chi connectivity index (χ0) is 12.0. The van der Waals surface area contributed by atoms with Crippen LogP contribution >= 0.6 is 0 Å². The van der Waals surface area contributed by atoms with E-state index in [0.29, 0.717) is 25.8 Å². The number of likely N-dealkylation sites (tertiary alicyclic amines) is 1. The Morgan fingerprint density at radius 2 is 1.76 bits per heavy atom. The van der Waals surface area contributed by atoms with Gasteiger partial charge in [0.05, 0.1) is 6.10 Å². The van der Waals surface area contributed by atoms with Crippen molar-refractivity contribution in [3.05, 3.63) is 0 Å². The maximum absolute atomic E-state index is 12.0. The van der Waals surface area contributed by atoms with Crippen molar-refractivity contribution in [2.24, 2.45) is 5.92 Å². The van der Waals surface area contributed by atoms with Gasteiger partial charge in [-0.2, -0.15) is 0 Å². The summed E-state index contributed by atoms with van der Waals surface area (Å²) in [5.74, 6) is -0.0920. The van der Waals surface area contributed by atoms with Gasteiger partial charge in [0.2, 0.25) is 0 Å². The van der Waals surface area contributed by atoms with Crippen LogP contribution in [-0.4, -0.2) is 46.7 Å². The van der Waals surface area contributed by atoms with E-state index in [-0.39, 0.29) is 23.8 Å². The minimum Gasteiger partial charge on any atom is -0.393 e. The van der Waals surface area contributed by atoms with Crippen LogP contribution in [0, 0.1) is 5.92 Å². The summed E-state index contributed by atoms with van der Waals surface area (Å²) in [6, 6.07) is 0. The molecule has 3 aliphatic rings. The van der Waals surface area contributed by atoms with Crippen molar-refractivity contribution in [1.82, 2.24) is 4.90 Å². The van der Waals surface area contributed by atoms with Crippen LogP contribution in [0.15, 0.2) is 0 Å². The smallest absolute Gasteiger partial charge is 0.258 e. The molecular formula is C12H17NO4. The highest BCUT2D eigenvalue weighted by molar-refractivity contribution is 6.02. The predicted octanol–water partition coefficient (Wildman–Crippen LogP) is 0.0638. The Kier molecular flexibility index (Phi) is 2.67. The summed E-state index contributed by atoms with van der Waals surface area (Å²) >= 11 is 0. The number of fused-ring (bicyclic) bond motifs is 2. The molecule has 4 unspecified atom stereocenters. The van der Waals surface area contributed by atoms with Crippen molar-refractivity contribution in [3.63, 3.8) is 0 Å². The van der Waals surface area contributed by atoms with Crippen molar-refractivity contribution in [3.8, 4) is 0 Å². The minimum atomic E-state index is -0.399. The molecule has 94 valence electrons. The molecule has 3 rings (SSSR count). The fraction of sp³-hybridized carbons (Fsp3) is 0.833. The van der Waals surface area contributed by atoms with Crippen molar-refractivity contribution in [2.45, 2.75) is 50.4 Å². The van der Waals surface area contributed by atoms with Crippen LogP contribution in [0.25, 0.3) is 0 Å².